The van der Waals surface area contributed by atoms with Gasteiger partial charge in [0, 0.05) is 58.5 Å². The van der Waals surface area contributed by atoms with E-state index in [1.807, 2.05) is 0 Å². The minimum absolute atomic E-state index is 0.0739. The average molecular weight is 581 g/mol. The molecule has 6 rings (SSSR count). The Morgan fingerprint density at radius 1 is 0.419 bits per heavy atom. The topological polar surface area (TPSA) is 131 Å². The molecular formula is C10H28O13Si8. The monoisotopic (exact) mass is 580 g/mol. The summed E-state index contributed by atoms with van der Waals surface area (Å²) in [5.74, 6) is 0. The molecule has 0 atom stereocenters. The summed E-state index contributed by atoms with van der Waals surface area (Å²) in [5, 5.41) is 9.54. The molecule has 6 aliphatic rings. The fourth-order valence-corrected chi connectivity index (χ4v) is 50.7. The van der Waals surface area contributed by atoms with Gasteiger partial charge >= 0.3 is 70.4 Å². The zero-order valence-corrected chi connectivity index (χ0v) is 26.5. The van der Waals surface area contributed by atoms with Crippen LogP contribution in [-0.4, -0.2) is 82.1 Å². The number of hydrogen-bond donors (Lipinski definition) is 1. The van der Waals surface area contributed by atoms with Crippen molar-refractivity contribution in [1.29, 1.82) is 0 Å². The highest BCUT2D eigenvalue weighted by Gasteiger charge is 2.78. The maximum atomic E-state index is 9.54. The van der Waals surface area contributed by atoms with Gasteiger partial charge in [0.2, 0.25) is 0 Å². The highest BCUT2D eigenvalue weighted by molar-refractivity contribution is 7.02. The van der Waals surface area contributed by atoms with Crippen molar-refractivity contribution in [1.82, 2.24) is 0 Å². The van der Waals surface area contributed by atoms with E-state index < -0.39 is 70.4 Å². The third kappa shape index (κ3) is 4.36. The summed E-state index contributed by atoms with van der Waals surface area (Å²) < 4.78 is 77.9. The molecule has 0 radical (unpaired) electrons. The van der Waals surface area contributed by atoms with E-state index in [4.69, 9.17) is 49.4 Å². The van der Waals surface area contributed by atoms with Gasteiger partial charge in [0.05, 0.1) is 0 Å². The molecule has 13 nitrogen and oxygen atoms in total. The molecule has 0 aromatic rings. The van der Waals surface area contributed by atoms with E-state index in [1.54, 1.807) is 45.8 Å². The van der Waals surface area contributed by atoms with Crippen molar-refractivity contribution in [2.45, 2.75) is 58.3 Å². The smallest absolute Gasteiger partial charge is 0.396 e. The lowest BCUT2D eigenvalue weighted by atomic mass is 10.5. The highest BCUT2D eigenvalue weighted by Crippen LogP contribution is 2.48. The molecular weight excluding hydrogens is 553 g/mol. The molecule has 8 bridgehead atoms. The molecule has 178 valence electrons. The summed E-state index contributed by atoms with van der Waals surface area (Å²) in [6, 6.07) is 0.285. The van der Waals surface area contributed by atoms with Gasteiger partial charge in [-0.25, -0.2) is 0 Å². The molecule has 0 unspecified atom stereocenters. The van der Waals surface area contributed by atoms with E-state index in [1.165, 1.54) is 0 Å². The number of aliphatic hydroxyl groups is 1. The maximum Gasteiger partial charge on any atom is 0.478 e. The van der Waals surface area contributed by atoms with Crippen LogP contribution in [0.5, 0.6) is 0 Å². The normalized spacial score (nSPS) is 60.8. The van der Waals surface area contributed by atoms with Crippen LogP contribution in [0.3, 0.4) is 0 Å². The fraction of sp³-hybridized carbons (Fsp3) is 1.00. The quantitative estimate of drug-likeness (QED) is 0.467. The van der Waals surface area contributed by atoms with Gasteiger partial charge in [-0.2, -0.15) is 0 Å². The van der Waals surface area contributed by atoms with Crippen LogP contribution in [0.4, 0.5) is 0 Å². The van der Waals surface area contributed by atoms with Gasteiger partial charge in [-0.1, -0.05) is 0 Å². The van der Waals surface area contributed by atoms with Gasteiger partial charge in [-0.15, -0.1) is 0 Å². The highest BCUT2D eigenvalue weighted by atomic mass is 28.6. The largest absolute Gasteiger partial charge is 0.478 e. The van der Waals surface area contributed by atoms with E-state index in [0.717, 1.165) is 0 Å². The molecule has 31 heavy (non-hydrogen) atoms. The Morgan fingerprint density at radius 3 is 0.871 bits per heavy atom. The summed E-state index contributed by atoms with van der Waals surface area (Å²) in [6.07, 6.45) is 0.373. The third-order valence-electron chi connectivity index (χ3n) is 5.00. The molecule has 0 aliphatic carbocycles. The van der Waals surface area contributed by atoms with Gasteiger partial charge in [-0.3, -0.25) is 0 Å². The molecule has 1 N–H and O–H groups in total. The van der Waals surface area contributed by atoms with E-state index in [0.29, 0.717) is 6.42 Å². The zero-order valence-electron chi connectivity index (χ0n) is 18.5. The molecule has 0 aromatic heterocycles. The Labute approximate surface area is 189 Å². The van der Waals surface area contributed by atoms with Crippen molar-refractivity contribution in [2.75, 3.05) is 6.61 Å². The Balaban J connectivity index is 1.75. The van der Waals surface area contributed by atoms with Crippen LogP contribution in [0.25, 0.3) is 0 Å². The summed E-state index contributed by atoms with van der Waals surface area (Å²) in [4.78, 5) is 0. The second-order valence-electron chi connectivity index (χ2n) is 8.77. The molecule has 21 heteroatoms. The van der Waals surface area contributed by atoms with Crippen molar-refractivity contribution < 1.29 is 54.5 Å². The molecule has 6 aliphatic heterocycles. The van der Waals surface area contributed by atoms with E-state index in [-0.39, 0.29) is 12.7 Å². The second-order valence-corrected chi connectivity index (χ2v) is 32.5. The lowest BCUT2D eigenvalue weighted by Gasteiger charge is -2.60. The Morgan fingerprint density at radius 2 is 0.645 bits per heavy atom. The van der Waals surface area contributed by atoms with Gasteiger partial charge in [-0.05, 0) is 6.42 Å². The van der Waals surface area contributed by atoms with Crippen molar-refractivity contribution in [3.05, 3.63) is 0 Å². The summed E-state index contributed by atoms with van der Waals surface area (Å²) in [5.41, 5.74) is 0. The van der Waals surface area contributed by atoms with E-state index in [9.17, 15) is 5.11 Å². The van der Waals surface area contributed by atoms with Crippen molar-refractivity contribution >= 4 is 70.4 Å². The Kier molecular flexibility index (Phi) is 5.34. The van der Waals surface area contributed by atoms with Crippen LogP contribution in [0.1, 0.15) is 6.42 Å². The van der Waals surface area contributed by atoms with Gasteiger partial charge in [0.15, 0.2) is 0 Å². The minimum atomic E-state index is -3.62. The van der Waals surface area contributed by atoms with Crippen LogP contribution < -0.4 is 0 Å². The first-order chi connectivity index (χ1) is 14.0. The van der Waals surface area contributed by atoms with E-state index >= 15 is 0 Å². The predicted octanol–water partition coefficient (Wildman–Crippen LogP) is 0.556. The molecule has 0 saturated carbocycles. The SMILES string of the molecule is C[Si]12O[Si]3(C)O[Si]4(C)O[Si](C)(O1)O[Si]1(C)O[Si](C)(O2)O[Si](C)(O3)O[Si](CCCO)(O4)O1. The number of hydrogen-bond acceptors (Lipinski definition) is 13. The second kappa shape index (κ2) is 6.91. The number of rotatable bonds is 3. The van der Waals surface area contributed by atoms with Crippen LogP contribution in [0.2, 0.25) is 51.9 Å². The fourth-order valence-electron chi connectivity index (χ4n) is 4.83. The molecule has 6 fully saturated rings. The van der Waals surface area contributed by atoms with Crippen LogP contribution in [0.15, 0.2) is 0 Å². The maximum absolute atomic E-state index is 9.54. The van der Waals surface area contributed by atoms with Crippen LogP contribution in [-0.2, 0) is 49.4 Å². The van der Waals surface area contributed by atoms with E-state index in [2.05, 4.69) is 0 Å². The van der Waals surface area contributed by atoms with Crippen LogP contribution in [0, 0.1) is 0 Å². The zero-order chi connectivity index (χ0) is 22.6. The first-order valence-corrected chi connectivity index (χ1v) is 27.6. The molecule has 0 amide bonds. The first-order valence-electron chi connectivity index (χ1n) is 10.1. The van der Waals surface area contributed by atoms with Crippen LogP contribution >= 0.6 is 0 Å². The summed E-state index contributed by atoms with van der Waals surface area (Å²) >= 11 is 0. The minimum Gasteiger partial charge on any atom is -0.396 e. The average Bonchev–Trinajstić information content (AvgIpc) is 2.42. The molecule has 6 heterocycles. The number of aliphatic hydroxyl groups excluding tert-OH is 1. The van der Waals surface area contributed by atoms with Gasteiger partial charge in [0.1, 0.15) is 0 Å². The lowest BCUT2D eigenvalue weighted by molar-refractivity contribution is -0.0195. The first kappa shape index (κ1) is 23.9. The standard InChI is InChI=1S/C10H28O13Si8/c1-24-12-25(2)15-28(5)17-26(3,13-24)19-30(7)20-27(4,14-24)18-29(6,16-25)22-31(21-28,23-30)10-8-9-11/h11H,8-10H2,1-7H3. The van der Waals surface area contributed by atoms with Crippen molar-refractivity contribution in [2.24, 2.45) is 0 Å². The third-order valence-corrected chi connectivity index (χ3v) is 40.8. The lowest BCUT2D eigenvalue weighted by Crippen LogP contribution is -2.86. The molecule has 0 spiro atoms. The summed E-state index contributed by atoms with van der Waals surface area (Å²) in [7, 11) is -28.1. The molecule has 0 aromatic carbocycles. The summed E-state index contributed by atoms with van der Waals surface area (Å²) in [6.45, 7) is 12.1. The predicted molar refractivity (Wildman–Crippen MR) is 117 cm³/mol. The Hall–Kier alpha value is 1.22. The Bertz CT molecular complexity index is 676. The van der Waals surface area contributed by atoms with Gasteiger partial charge < -0.3 is 54.5 Å². The van der Waals surface area contributed by atoms with Gasteiger partial charge in [0.25, 0.3) is 0 Å². The molecule has 6 saturated heterocycles. The van der Waals surface area contributed by atoms with Crippen molar-refractivity contribution in [3.63, 3.8) is 0 Å². The van der Waals surface area contributed by atoms with Crippen molar-refractivity contribution in [3.8, 4) is 0 Å².